The zero-order chi connectivity index (χ0) is 29.6. The second-order valence-electron chi connectivity index (χ2n) is 9.77. The Hall–Kier alpha value is -4.30. The summed E-state index contributed by atoms with van der Waals surface area (Å²) in [7, 11) is 1.25. The lowest BCUT2D eigenvalue weighted by molar-refractivity contribution is -0.158. The monoisotopic (exact) mass is 583 g/mol. The molecule has 2 fully saturated rings. The second-order valence-corrected chi connectivity index (χ2v) is 9.77. The van der Waals surface area contributed by atoms with Gasteiger partial charge in [0.1, 0.15) is 28.9 Å². The Morgan fingerprint density at radius 1 is 1.05 bits per heavy atom. The molecule has 1 aliphatic carbocycles. The fourth-order valence-electron chi connectivity index (χ4n) is 4.83. The van der Waals surface area contributed by atoms with E-state index in [1.807, 2.05) is 5.32 Å². The maximum absolute atomic E-state index is 14.9. The van der Waals surface area contributed by atoms with Crippen molar-refractivity contribution in [1.29, 1.82) is 0 Å². The van der Waals surface area contributed by atoms with Crippen LogP contribution < -0.4 is 15.6 Å². The predicted octanol–water partition coefficient (Wildman–Crippen LogP) is 3.76. The molecule has 2 amide bonds. The summed E-state index contributed by atoms with van der Waals surface area (Å²) in [6.07, 6.45) is -4.13. The summed E-state index contributed by atoms with van der Waals surface area (Å²) in [5.74, 6) is -6.01. The van der Waals surface area contributed by atoms with Gasteiger partial charge < -0.3 is 19.9 Å². The number of carbonyl (C=O) groups is 2. The average molecular weight is 583 g/mol. The smallest absolute Gasteiger partial charge is 0.409 e. The van der Waals surface area contributed by atoms with Crippen molar-refractivity contribution in [2.24, 2.45) is 5.92 Å². The maximum Gasteiger partial charge on any atom is 0.409 e. The van der Waals surface area contributed by atoms with Crippen molar-refractivity contribution in [2.45, 2.75) is 25.1 Å². The lowest BCUT2D eigenvalue weighted by Crippen LogP contribution is -2.49. The van der Waals surface area contributed by atoms with Crippen molar-refractivity contribution in [3.8, 4) is 5.69 Å². The maximum atomic E-state index is 14.9. The molecule has 0 radical (unpaired) electrons. The van der Waals surface area contributed by atoms with Gasteiger partial charge >= 0.3 is 12.3 Å². The number of anilines is 1. The van der Waals surface area contributed by atoms with Crippen LogP contribution in [0.4, 0.5) is 37.0 Å². The number of nitrogens with one attached hydrogen (secondary N) is 1. The van der Waals surface area contributed by atoms with Gasteiger partial charge in [-0.1, -0.05) is 0 Å². The highest BCUT2D eigenvalue weighted by Crippen LogP contribution is 2.40. The number of hydrogen-bond acceptors (Lipinski definition) is 6. The number of carbonyl (C=O) groups excluding carboxylic acids is 2. The lowest BCUT2D eigenvalue weighted by Gasteiger charge is -2.34. The highest BCUT2D eigenvalue weighted by Gasteiger charge is 2.50. The van der Waals surface area contributed by atoms with E-state index in [4.69, 9.17) is 4.74 Å². The highest BCUT2D eigenvalue weighted by molar-refractivity contribution is 5.97. The first-order chi connectivity index (χ1) is 19.4. The van der Waals surface area contributed by atoms with Gasteiger partial charge in [0, 0.05) is 44.5 Å². The minimum Gasteiger partial charge on any atom is -0.453 e. The van der Waals surface area contributed by atoms with Crippen molar-refractivity contribution in [3.05, 3.63) is 63.7 Å². The largest absolute Gasteiger partial charge is 0.453 e. The minimum absolute atomic E-state index is 0.235. The lowest BCUT2D eigenvalue weighted by atomic mass is 10.1. The number of fused-ring (bicyclic) bond motifs is 1. The van der Waals surface area contributed by atoms with Crippen molar-refractivity contribution in [1.82, 2.24) is 19.8 Å². The summed E-state index contributed by atoms with van der Waals surface area (Å²) in [5, 5.41) is 1.53. The number of pyridine rings is 2. The molecular formula is C26H23F6N5O4. The number of nitrogens with zero attached hydrogens (tertiary/aromatic N) is 4. The summed E-state index contributed by atoms with van der Waals surface area (Å²) in [6.45, 7) is 1.11. The highest BCUT2D eigenvalue weighted by atomic mass is 19.4. The molecule has 1 aliphatic heterocycles. The summed E-state index contributed by atoms with van der Waals surface area (Å²) in [6, 6.07) is 1.20. The number of rotatable bonds is 5. The molecule has 0 bridgehead atoms. The number of methoxy groups -OCH3 is 1. The number of alkyl halides is 3. The number of hydrogen-bond donors (Lipinski definition) is 1. The molecule has 1 atom stereocenters. The van der Waals surface area contributed by atoms with Gasteiger partial charge in [0.05, 0.1) is 12.5 Å². The molecule has 2 aliphatic rings. The van der Waals surface area contributed by atoms with Gasteiger partial charge in [-0.3, -0.25) is 14.2 Å². The Bertz CT molecular complexity index is 1560. The minimum atomic E-state index is -4.78. The number of benzene rings is 1. The first-order valence-corrected chi connectivity index (χ1v) is 12.6. The molecule has 1 unspecified atom stereocenters. The molecule has 2 aromatic heterocycles. The van der Waals surface area contributed by atoms with Crippen LogP contribution >= 0.6 is 0 Å². The van der Waals surface area contributed by atoms with Gasteiger partial charge in [0.15, 0.2) is 17.3 Å². The van der Waals surface area contributed by atoms with E-state index in [0.717, 1.165) is 0 Å². The molecule has 1 aromatic carbocycles. The summed E-state index contributed by atoms with van der Waals surface area (Å²) in [5.41, 5.74) is -3.03. The molecule has 3 heterocycles. The van der Waals surface area contributed by atoms with Crippen LogP contribution in [0.2, 0.25) is 0 Å². The summed E-state index contributed by atoms with van der Waals surface area (Å²) >= 11 is 0. The van der Waals surface area contributed by atoms with E-state index >= 15 is 0 Å². The molecule has 41 heavy (non-hydrogen) atoms. The first-order valence-electron chi connectivity index (χ1n) is 12.6. The van der Waals surface area contributed by atoms with Crippen molar-refractivity contribution in [3.63, 3.8) is 0 Å². The molecular weight excluding hydrogens is 560 g/mol. The van der Waals surface area contributed by atoms with Crippen LogP contribution in [0, 0.1) is 23.4 Å². The van der Waals surface area contributed by atoms with Gasteiger partial charge in [0.25, 0.3) is 5.91 Å². The fraction of sp³-hybridized carbons (Fsp3) is 0.385. The standard InChI is InChI=1S/C26H23F6N5O4/c1-41-25(40)36-8-6-35(7-9-36)19-5-4-15-21(38)16(24(39)34-22(13-2-3-13)26(30,31)32)12-37(23(15)33-19)20-17(28)10-14(27)11-18(20)29/h4-5,10-13,22H,2-3,6-9H2,1H3,(H,34,39). The van der Waals surface area contributed by atoms with Crippen LogP contribution in [0.1, 0.15) is 23.2 Å². The van der Waals surface area contributed by atoms with E-state index in [9.17, 15) is 40.7 Å². The number of ether oxygens (including phenoxy) is 1. The SMILES string of the molecule is COC(=O)N1CCN(c2ccc3c(=O)c(C(=O)NC(C4CC4)C(F)(F)F)cn(-c4c(F)cc(F)cc4F)c3n2)CC1. The molecule has 1 saturated carbocycles. The average Bonchev–Trinajstić information content (AvgIpc) is 3.76. The summed E-state index contributed by atoms with van der Waals surface area (Å²) < 4.78 is 89.7. The van der Waals surface area contributed by atoms with Crippen molar-refractivity contribution >= 4 is 28.9 Å². The summed E-state index contributed by atoms with van der Waals surface area (Å²) in [4.78, 5) is 45.7. The topological polar surface area (TPSA) is 96.8 Å². The number of piperazine rings is 1. The van der Waals surface area contributed by atoms with Crippen LogP contribution in [0.5, 0.6) is 0 Å². The third-order valence-electron chi connectivity index (χ3n) is 7.07. The van der Waals surface area contributed by atoms with Crippen molar-refractivity contribution < 1.29 is 40.7 Å². The molecule has 5 rings (SSSR count). The normalized spacial score (nSPS) is 16.6. The van der Waals surface area contributed by atoms with Crippen LogP contribution in [0.25, 0.3) is 16.7 Å². The number of aromatic nitrogens is 2. The zero-order valence-corrected chi connectivity index (χ0v) is 21.5. The number of halogens is 6. The quantitative estimate of drug-likeness (QED) is 0.460. The van der Waals surface area contributed by atoms with Gasteiger partial charge in [0.2, 0.25) is 5.43 Å². The van der Waals surface area contributed by atoms with Crippen LogP contribution in [-0.4, -0.2) is 72.0 Å². The van der Waals surface area contributed by atoms with E-state index < -0.39 is 64.3 Å². The molecule has 1 saturated heterocycles. The Morgan fingerprint density at radius 2 is 1.68 bits per heavy atom. The Morgan fingerprint density at radius 3 is 2.24 bits per heavy atom. The van der Waals surface area contributed by atoms with Gasteiger partial charge in [-0.25, -0.2) is 22.9 Å². The third kappa shape index (κ3) is 5.52. The van der Waals surface area contributed by atoms with E-state index in [1.165, 1.54) is 24.1 Å². The van der Waals surface area contributed by atoms with Gasteiger partial charge in [-0.05, 0) is 30.9 Å². The predicted molar refractivity (Wildman–Crippen MR) is 133 cm³/mol. The Kier molecular flexibility index (Phi) is 7.30. The molecule has 3 aromatic rings. The van der Waals surface area contributed by atoms with Gasteiger partial charge in [-0.2, -0.15) is 13.2 Å². The van der Waals surface area contributed by atoms with E-state index in [2.05, 4.69) is 4.98 Å². The first kappa shape index (κ1) is 28.2. The van der Waals surface area contributed by atoms with Crippen LogP contribution in [0.15, 0.2) is 35.3 Å². The zero-order valence-electron chi connectivity index (χ0n) is 21.5. The number of amides is 2. The van der Waals surface area contributed by atoms with Gasteiger partial charge in [-0.15, -0.1) is 0 Å². The Balaban J connectivity index is 1.61. The fourth-order valence-corrected chi connectivity index (χ4v) is 4.83. The van der Waals surface area contributed by atoms with E-state index in [-0.39, 0.29) is 55.9 Å². The van der Waals surface area contributed by atoms with E-state index in [0.29, 0.717) is 22.9 Å². The molecule has 218 valence electrons. The molecule has 1 N–H and O–H groups in total. The van der Waals surface area contributed by atoms with Crippen molar-refractivity contribution in [2.75, 3.05) is 38.2 Å². The second kappa shape index (κ2) is 10.6. The van der Waals surface area contributed by atoms with E-state index in [1.54, 1.807) is 4.90 Å². The molecule has 15 heteroatoms. The van der Waals surface area contributed by atoms with Crippen LogP contribution in [0.3, 0.4) is 0 Å². The third-order valence-corrected chi connectivity index (χ3v) is 7.07. The Labute approximate surface area is 228 Å². The molecule has 0 spiro atoms. The molecule has 9 nitrogen and oxygen atoms in total. The van der Waals surface area contributed by atoms with Crippen LogP contribution in [-0.2, 0) is 4.74 Å².